The van der Waals surface area contributed by atoms with E-state index in [0.717, 1.165) is 5.56 Å². The predicted octanol–water partition coefficient (Wildman–Crippen LogP) is 3.07. The number of rotatable bonds is 6. The van der Waals surface area contributed by atoms with Crippen LogP contribution in [-0.4, -0.2) is 33.7 Å². The molecule has 0 aromatic heterocycles. The summed E-state index contributed by atoms with van der Waals surface area (Å²) in [5.41, 5.74) is 2.11. The van der Waals surface area contributed by atoms with Gasteiger partial charge in [0, 0.05) is 18.0 Å². The lowest BCUT2D eigenvalue weighted by Gasteiger charge is -2.19. The van der Waals surface area contributed by atoms with Gasteiger partial charge in [-0.2, -0.15) is 0 Å². The molecule has 2 aromatic carbocycles. The van der Waals surface area contributed by atoms with Crippen LogP contribution in [0.1, 0.15) is 12.0 Å². The van der Waals surface area contributed by atoms with Crippen molar-refractivity contribution in [2.45, 2.75) is 12.8 Å². The number of methoxy groups -OCH3 is 1. The fourth-order valence-electron chi connectivity index (χ4n) is 2.92. The molecule has 0 fully saturated rings. The largest absolute Gasteiger partial charge is 0.495 e. The summed E-state index contributed by atoms with van der Waals surface area (Å²) in [6.45, 7) is 0.408. The number of sulfonamides is 1. The van der Waals surface area contributed by atoms with Crippen LogP contribution in [0.5, 0.6) is 5.75 Å². The topological polar surface area (TPSA) is 75.7 Å². The molecule has 0 unspecified atom stereocenters. The van der Waals surface area contributed by atoms with Crippen LogP contribution in [0, 0.1) is 0 Å². The number of para-hydroxylation sites is 1. The molecule has 26 heavy (non-hydrogen) atoms. The van der Waals surface area contributed by atoms with Crippen molar-refractivity contribution >= 4 is 38.9 Å². The Morgan fingerprint density at radius 2 is 2.04 bits per heavy atom. The van der Waals surface area contributed by atoms with E-state index in [2.05, 4.69) is 5.32 Å². The summed E-state index contributed by atoms with van der Waals surface area (Å²) in [6, 6.07) is 12.2. The van der Waals surface area contributed by atoms with Gasteiger partial charge in [0.2, 0.25) is 15.9 Å². The lowest BCUT2D eigenvalue weighted by molar-refractivity contribution is -0.115. The Balaban J connectivity index is 1.65. The van der Waals surface area contributed by atoms with Crippen molar-refractivity contribution in [2.24, 2.45) is 0 Å². The Morgan fingerprint density at radius 1 is 1.27 bits per heavy atom. The smallest absolute Gasteiger partial charge is 0.235 e. The number of halogens is 1. The minimum Gasteiger partial charge on any atom is -0.495 e. The molecule has 0 spiro atoms. The fourth-order valence-corrected chi connectivity index (χ4v) is 4.60. The van der Waals surface area contributed by atoms with Gasteiger partial charge in [-0.15, -0.1) is 0 Å². The molecule has 138 valence electrons. The first-order valence-electron chi connectivity index (χ1n) is 8.12. The molecule has 0 saturated carbocycles. The normalized spacial score (nSPS) is 13.4. The van der Waals surface area contributed by atoms with Gasteiger partial charge in [0.05, 0.1) is 24.2 Å². The molecule has 8 heteroatoms. The van der Waals surface area contributed by atoms with Gasteiger partial charge in [0.25, 0.3) is 0 Å². The summed E-state index contributed by atoms with van der Waals surface area (Å²) in [5, 5.41) is 3.10. The lowest BCUT2D eigenvalue weighted by atomic mass is 10.2. The van der Waals surface area contributed by atoms with E-state index in [1.165, 1.54) is 11.4 Å². The van der Waals surface area contributed by atoms with Crippen LogP contribution in [-0.2, 0) is 21.2 Å². The molecule has 3 rings (SSSR count). The van der Waals surface area contributed by atoms with Crippen molar-refractivity contribution in [2.75, 3.05) is 29.0 Å². The van der Waals surface area contributed by atoms with Gasteiger partial charge in [-0.25, -0.2) is 8.42 Å². The lowest BCUT2D eigenvalue weighted by Crippen LogP contribution is -2.32. The Hall–Kier alpha value is -2.25. The number of fused-ring (bicyclic) bond motifs is 1. The van der Waals surface area contributed by atoms with Crippen molar-refractivity contribution in [3.8, 4) is 5.75 Å². The first-order valence-corrected chi connectivity index (χ1v) is 10.1. The highest BCUT2D eigenvalue weighted by molar-refractivity contribution is 7.92. The average Bonchev–Trinajstić information content (AvgIpc) is 3.05. The van der Waals surface area contributed by atoms with Gasteiger partial charge in [0.1, 0.15) is 5.75 Å². The third-order valence-electron chi connectivity index (χ3n) is 4.20. The number of anilines is 2. The number of benzene rings is 2. The Bertz CT molecular complexity index is 931. The highest BCUT2D eigenvalue weighted by Gasteiger charge is 2.29. The Labute approximate surface area is 157 Å². The first-order chi connectivity index (χ1) is 12.4. The van der Waals surface area contributed by atoms with Crippen molar-refractivity contribution < 1.29 is 17.9 Å². The second-order valence-corrected chi connectivity index (χ2v) is 8.36. The van der Waals surface area contributed by atoms with E-state index in [1.807, 2.05) is 18.2 Å². The molecule has 0 bridgehead atoms. The van der Waals surface area contributed by atoms with Crippen LogP contribution in [0.3, 0.4) is 0 Å². The zero-order valence-corrected chi connectivity index (χ0v) is 15.8. The number of carbonyl (C=O) groups excluding carboxylic acids is 1. The number of amides is 1. The summed E-state index contributed by atoms with van der Waals surface area (Å²) >= 11 is 5.93. The second-order valence-electron chi connectivity index (χ2n) is 5.91. The molecular weight excluding hydrogens is 376 g/mol. The van der Waals surface area contributed by atoms with Crippen LogP contribution in [0.25, 0.3) is 0 Å². The van der Waals surface area contributed by atoms with E-state index < -0.39 is 15.9 Å². The van der Waals surface area contributed by atoms with E-state index in [0.29, 0.717) is 35.1 Å². The maximum absolute atomic E-state index is 12.6. The third kappa shape index (κ3) is 3.94. The van der Waals surface area contributed by atoms with Crippen molar-refractivity contribution in [3.05, 3.63) is 53.1 Å². The Morgan fingerprint density at radius 3 is 2.81 bits per heavy atom. The monoisotopic (exact) mass is 394 g/mol. The van der Waals surface area contributed by atoms with Gasteiger partial charge < -0.3 is 10.1 Å². The molecule has 0 radical (unpaired) electrons. The predicted molar refractivity (Wildman–Crippen MR) is 103 cm³/mol. The van der Waals surface area contributed by atoms with Gasteiger partial charge in [0.15, 0.2) is 0 Å². The van der Waals surface area contributed by atoms with Gasteiger partial charge in [-0.05, 0) is 36.2 Å². The number of carbonyl (C=O) groups is 1. The van der Waals surface area contributed by atoms with Crippen LogP contribution in [0.15, 0.2) is 42.5 Å². The maximum Gasteiger partial charge on any atom is 0.235 e. The van der Waals surface area contributed by atoms with Gasteiger partial charge >= 0.3 is 0 Å². The highest BCUT2D eigenvalue weighted by atomic mass is 35.5. The molecule has 2 aromatic rings. The average molecular weight is 395 g/mol. The van der Waals surface area contributed by atoms with E-state index in [-0.39, 0.29) is 12.2 Å². The molecule has 0 saturated heterocycles. The van der Waals surface area contributed by atoms with E-state index in [4.69, 9.17) is 16.3 Å². The minimum absolute atomic E-state index is 0.156. The summed E-state index contributed by atoms with van der Waals surface area (Å²) in [4.78, 5) is 12.2. The minimum atomic E-state index is -3.57. The fraction of sp³-hybridized carbons (Fsp3) is 0.278. The van der Waals surface area contributed by atoms with Crippen LogP contribution < -0.4 is 14.4 Å². The summed E-state index contributed by atoms with van der Waals surface area (Å²) in [7, 11) is -2.09. The number of hydrogen-bond donors (Lipinski definition) is 1. The molecule has 1 N–H and O–H groups in total. The zero-order valence-electron chi connectivity index (χ0n) is 14.2. The van der Waals surface area contributed by atoms with Crippen LogP contribution in [0.4, 0.5) is 11.4 Å². The van der Waals surface area contributed by atoms with Crippen LogP contribution in [0.2, 0.25) is 5.02 Å². The maximum atomic E-state index is 12.6. The highest BCUT2D eigenvalue weighted by Crippen LogP contribution is 2.30. The molecule has 0 aliphatic carbocycles. The molecule has 6 nitrogen and oxygen atoms in total. The molecule has 1 aliphatic heterocycles. The van der Waals surface area contributed by atoms with Crippen molar-refractivity contribution in [1.82, 2.24) is 0 Å². The molecule has 1 amide bonds. The standard InChI is InChI=1S/C18H19ClN2O4S/c1-25-17-7-6-14(19)12-15(17)20-18(22)9-11-26(23,24)21-10-8-13-4-2-3-5-16(13)21/h2-7,12H,8-11H2,1H3,(H,20,22). The van der Waals surface area contributed by atoms with E-state index in [1.54, 1.807) is 24.3 Å². The summed E-state index contributed by atoms with van der Waals surface area (Å²) in [6.07, 6.45) is 0.526. The summed E-state index contributed by atoms with van der Waals surface area (Å²) in [5.74, 6) is -0.225. The number of hydrogen-bond acceptors (Lipinski definition) is 4. The molecular formula is C18H19ClN2O4S. The number of ether oxygens (including phenoxy) is 1. The van der Waals surface area contributed by atoms with Crippen LogP contribution >= 0.6 is 11.6 Å². The van der Waals surface area contributed by atoms with E-state index in [9.17, 15) is 13.2 Å². The SMILES string of the molecule is COc1ccc(Cl)cc1NC(=O)CCS(=O)(=O)N1CCc2ccccc21. The van der Waals surface area contributed by atoms with Crippen molar-refractivity contribution in [3.63, 3.8) is 0 Å². The molecule has 1 aliphatic rings. The second kappa shape index (κ2) is 7.55. The first kappa shape index (κ1) is 18.5. The van der Waals surface area contributed by atoms with Crippen molar-refractivity contribution in [1.29, 1.82) is 0 Å². The van der Waals surface area contributed by atoms with Gasteiger partial charge in [-0.3, -0.25) is 9.10 Å². The number of nitrogens with zero attached hydrogens (tertiary/aromatic N) is 1. The summed E-state index contributed by atoms with van der Waals surface area (Å²) < 4.78 is 31.8. The quantitative estimate of drug-likeness (QED) is 0.816. The van der Waals surface area contributed by atoms with Gasteiger partial charge in [-0.1, -0.05) is 29.8 Å². The molecule has 0 atom stereocenters. The third-order valence-corrected chi connectivity index (χ3v) is 6.21. The zero-order chi connectivity index (χ0) is 18.7. The van der Waals surface area contributed by atoms with E-state index >= 15 is 0 Å². The molecule has 1 heterocycles. The Kier molecular flexibility index (Phi) is 5.38. The number of nitrogens with one attached hydrogen (secondary N) is 1.